The number of hydrogen-bond acceptors (Lipinski definition) is 3. The number of rotatable bonds is 4. The zero-order valence-electron chi connectivity index (χ0n) is 12.8. The van der Waals surface area contributed by atoms with E-state index in [1.54, 1.807) is 42.5 Å². The first-order valence-corrected chi connectivity index (χ1v) is 7.31. The van der Waals surface area contributed by atoms with E-state index in [0.717, 1.165) is 11.1 Å². The number of anilines is 1. The maximum Gasteiger partial charge on any atom is 0.337 e. The highest BCUT2D eigenvalue weighted by atomic mass is 35.5. The normalized spacial score (nSPS) is 10.6. The van der Waals surface area contributed by atoms with Crippen molar-refractivity contribution in [1.82, 2.24) is 0 Å². The highest BCUT2D eigenvalue weighted by molar-refractivity contribution is 6.33. The highest BCUT2D eigenvalue weighted by Crippen LogP contribution is 2.22. The van der Waals surface area contributed by atoms with Crippen LogP contribution < -0.4 is 5.32 Å². The zero-order valence-corrected chi connectivity index (χ0v) is 13.6. The van der Waals surface area contributed by atoms with Crippen molar-refractivity contribution in [3.8, 4) is 0 Å². The average Bonchev–Trinajstić information content (AvgIpc) is 2.55. The predicted molar refractivity (Wildman–Crippen MR) is 91.6 cm³/mol. The van der Waals surface area contributed by atoms with Gasteiger partial charge in [0.25, 0.3) is 0 Å². The molecule has 5 heteroatoms. The van der Waals surface area contributed by atoms with Crippen LogP contribution >= 0.6 is 11.6 Å². The van der Waals surface area contributed by atoms with Crippen LogP contribution in [-0.2, 0) is 9.53 Å². The van der Waals surface area contributed by atoms with Crippen molar-refractivity contribution in [2.24, 2.45) is 0 Å². The Morgan fingerprint density at radius 2 is 1.83 bits per heavy atom. The predicted octanol–water partition coefficient (Wildman–Crippen LogP) is 4.09. The van der Waals surface area contributed by atoms with Gasteiger partial charge in [0, 0.05) is 6.08 Å². The minimum atomic E-state index is -0.396. The molecule has 0 aliphatic rings. The third kappa shape index (κ3) is 4.69. The second-order valence-electron chi connectivity index (χ2n) is 4.92. The van der Waals surface area contributed by atoms with E-state index in [2.05, 4.69) is 10.1 Å². The smallest absolute Gasteiger partial charge is 0.337 e. The summed E-state index contributed by atoms with van der Waals surface area (Å²) in [5.41, 5.74) is 2.84. The molecule has 0 bridgehead atoms. The van der Waals surface area contributed by atoms with Crippen LogP contribution in [0.2, 0.25) is 5.02 Å². The molecule has 2 aromatic carbocycles. The number of methoxy groups -OCH3 is 1. The molecule has 4 nitrogen and oxygen atoms in total. The lowest BCUT2D eigenvalue weighted by Crippen LogP contribution is -2.08. The van der Waals surface area contributed by atoms with Gasteiger partial charge in [0.05, 0.1) is 23.4 Å². The summed E-state index contributed by atoms with van der Waals surface area (Å²) in [7, 11) is 1.33. The number of amides is 1. The molecule has 0 atom stereocenters. The van der Waals surface area contributed by atoms with E-state index in [1.807, 2.05) is 13.0 Å². The summed E-state index contributed by atoms with van der Waals surface area (Å²) in [4.78, 5) is 23.2. The molecule has 0 aromatic heterocycles. The van der Waals surface area contributed by atoms with E-state index in [0.29, 0.717) is 16.3 Å². The zero-order chi connectivity index (χ0) is 16.8. The monoisotopic (exact) mass is 329 g/mol. The van der Waals surface area contributed by atoms with Gasteiger partial charge in [-0.1, -0.05) is 29.8 Å². The van der Waals surface area contributed by atoms with Crippen LogP contribution in [0.15, 0.2) is 48.5 Å². The number of benzene rings is 2. The molecule has 0 aliphatic heterocycles. The molecule has 23 heavy (non-hydrogen) atoms. The van der Waals surface area contributed by atoms with E-state index in [1.165, 1.54) is 13.2 Å². The second-order valence-corrected chi connectivity index (χ2v) is 5.33. The number of nitrogens with one attached hydrogen (secondary N) is 1. The van der Waals surface area contributed by atoms with Crippen molar-refractivity contribution < 1.29 is 14.3 Å². The summed E-state index contributed by atoms with van der Waals surface area (Å²) >= 11 is 6.07. The molecule has 0 saturated heterocycles. The molecule has 0 heterocycles. The number of ether oxygens (including phenoxy) is 1. The Bertz CT molecular complexity index is 751. The number of aryl methyl sites for hydroxylation is 1. The topological polar surface area (TPSA) is 55.4 Å². The standard InChI is InChI=1S/C18H16ClNO3/c1-12-3-9-16(15(19)11-12)20-17(21)10-6-13-4-7-14(8-5-13)18(22)23-2/h3-11H,1-2H3,(H,20,21)/b10-6+. The van der Waals surface area contributed by atoms with Gasteiger partial charge < -0.3 is 10.1 Å². The van der Waals surface area contributed by atoms with Crippen molar-refractivity contribution >= 4 is 35.2 Å². The lowest BCUT2D eigenvalue weighted by molar-refractivity contribution is -0.111. The van der Waals surface area contributed by atoms with Gasteiger partial charge in [-0.05, 0) is 48.4 Å². The van der Waals surface area contributed by atoms with Gasteiger partial charge in [-0.3, -0.25) is 4.79 Å². The molecular formula is C18H16ClNO3. The van der Waals surface area contributed by atoms with Gasteiger partial charge in [-0.25, -0.2) is 4.79 Å². The van der Waals surface area contributed by atoms with E-state index in [9.17, 15) is 9.59 Å². The van der Waals surface area contributed by atoms with Crippen molar-refractivity contribution in [3.63, 3.8) is 0 Å². The SMILES string of the molecule is COC(=O)c1ccc(/C=C/C(=O)Nc2ccc(C)cc2Cl)cc1. The van der Waals surface area contributed by atoms with Gasteiger partial charge in [0.1, 0.15) is 0 Å². The Labute approximate surface area is 139 Å². The van der Waals surface area contributed by atoms with E-state index >= 15 is 0 Å². The highest BCUT2D eigenvalue weighted by Gasteiger charge is 2.05. The molecular weight excluding hydrogens is 314 g/mol. The summed E-state index contributed by atoms with van der Waals surface area (Å²) in [6.07, 6.45) is 3.06. The number of carbonyl (C=O) groups excluding carboxylic acids is 2. The van der Waals surface area contributed by atoms with Crippen LogP contribution in [0.3, 0.4) is 0 Å². The molecule has 0 saturated carbocycles. The minimum absolute atomic E-state index is 0.284. The minimum Gasteiger partial charge on any atom is -0.465 e. The first-order valence-electron chi connectivity index (χ1n) is 6.93. The van der Waals surface area contributed by atoms with Crippen LogP contribution in [-0.4, -0.2) is 19.0 Å². The third-order valence-corrected chi connectivity index (χ3v) is 3.45. The van der Waals surface area contributed by atoms with Gasteiger partial charge in [0.2, 0.25) is 5.91 Å². The average molecular weight is 330 g/mol. The Kier molecular flexibility index (Phi) is 5.55. The van der Waals surface area contributed by atoms with E-state index in [-0.39, 0.29) is 5.91 Å². The maximum atomic E-state index is 11.9. The lowest BCUT2D eigenvalue weighted by atomic mass is 10.1. The maximum absolute atomic E-state index is 11.9. The van der Waals surface area contributed by atoms with E-state index in [4.69, 9.17) is 11.6 Å². The van der Waals surface area contributed by atoms with Crippen molar-refractivity contribution in [2.45, 2.75) is 6.92 Å². The second kappa shape index (κ2) is 7.61. The molecule has 0 unspecified atom stereocenters. The molecule has 2 aromatic rings. The first-order chi connectivity index (χ1) is 11.0. The summed E-state index contributed by atoms with van der Waals surface area (Å²) in [5.74, 6) is -0.680. The number of esters is 1. The number of hydrogen-bond donors (Lipinski definition) is 1. The number of carbonyl (C=O) groups is 2. The lowest BCUT2D eigenvalue weighted by Gasteiger charge is -2.05. The molecule has 0 aliphatic carbocycles. The summed E-state index contributed by atoms with van der Waals surface area (Å²) in [6, 6.07) is 12.2. The molecule has 1 amide bonds. The third-order valence-electron chi connectivity index (χ3n) is 3.14. The molecule has 2 rings (SSSR count). The summed E-state index contributed by atoms with van der Waals surface area (Å²) in [5, 5.41) is 3.21. The van der Waals surface area contributed by atoms with Crippen LogP contribution in [0, 0.1) is 6.92 Å². The Balaban J connectivity index is 2.02. The van der Waals surface area contributed by atoms with Crippen molar-refractivity contribution in [1.29, 1.82) is 0 Å². The summed E-state index contributed by atoms with van der Waals surface area (Å²) in [6.45, 7) is 1.93. The van der Waals surface area contributed by atoms with Gasteiger partial charge in [0.15, 0.2) is 0 Å². The molecule has 0 radical (unpaired) electrons. The molecule has 118 valence electrons. The molecule has 0 fully saturated rings. The van der Waals surface area contributed by atoms with Crippen LogP contribution in [0.1, 0.15) is 21.5 Å². The van der Waals surface area contributed by atoms with Gasteiger partial charge in [-0.2, -0.15) is 0 Å². The van der Waals surface area contributed by atoms with Crippen molar-refractivity contribution in [3.05, 3.63) is 70.3 Å². The largest absolute Gasteiger partial charge is 0.465 e. The van der Waals surface area contributed by atoms with Crippen LogP contribution in [0.4, 0.5) is 5.69 Å². The van der Waals surface area contributed by atoms with Gasteiger partial charge in [-0.15, -0.1) is 0 Å². The Morgan fingerprint density at radius 1 is 1.13 bits per heavy atom. The summed E-state index contributed by atoms with van der Waals surface area (Å²) < 4.78 is 4.63. The quantitative estimate of drug-likeness (QED) is 0.679. The molecule has 1 N–H and O–H groups in total. The Morgan fingerprint density at radius 3 is 2.43 bits per heavy atom. The van der Waals surface area contributed by atoms with Gasteiger partial charge >= 0.3 is 5.97 Å². The fraction of sp³-hybridized carbons (Fsp3) is 0.111. The Hall–Kier alpha value is -2.59. The van der Waals surface area contributed by atoms with Crippen LogP contribution in [0.25, 0.3) is 6.08 Å². The van der Waals surface area contributed by atoms with E-state index < -0.39 is 5.97 Å². The fourth-order valence-electron chi connectivity index (χ4n) is 1.92. The number of halogens is 1. The van der Waals surface area contributed by atoms with Crippen molar-refractivity contribution in [2.75, 3.05) is 12.4 Å². The fourth-order valence-corrected chi connectivity index (χ4v) is 2.20. The molecule has 0 spiro atoms. The van der Waals surface area contributed by atoms with Crippen LogP contribution in [0.5, 0.6) is 0 Å². The first kappa shape index (κ1) is 16.8.